The lowest BCUT2D eigenvalue weighted by atomic mass is 10.1. The normalized spacial score (nSPS) is 18.2. The Morgan fingerprint density at radius 3 is 2.74 bits per heavy atom. The lowest BCUT2D eigenvalue weighted by molar-refractivity contribution is 0.174. The molecule has 1 saturated carbocycles. The standard InChI is InChI=1S/C17H26N4O2/c1-18-17(20-10-14(21(2)3)13-5-6-13)19-9-12-4-7-15-16(8-12)23-11-22-15/h4,7-8,13-14H,5-6,9-11H2,1-3H3,(H2,18,19,20). The van der Waals surface area contributed by atoms with Gasteiger partial charge in [-0.1, -0.05) is 6.07 Å². The van der Waals surface area contributed by atoms with Gasteiger partial charge < -0.3 is 25.0 Å². The molecule has 1 heterocycles. The maximum absolute atomic E-state index is 5.41. The van der Waals surface area contributed by atoms with Crippen LogP contribution in [0.15, 0.2) is 23.2 Å². The van der Waals surface area contributed by atoms with Gasteiger partial charge in [0.25, 0.3) is 0 Å². The van der Waals surface area contributed by atoms with Crippen LogP contribution >= 0.6 is 0 Å². The first-order valence-corrected chi connectivity index (χ1v) is 8.17. The number of fused-ring (bicyclic) bond motifs is 1. The van der Waals surface area contributed by atoms with Gasteiger partial charge in [0, 0.05) is 26.2 Å². The van der Waals surface area contributed by atoms with Crippen molar-refractivity contribution < 1.29 is 9.47 Å². The van der Waals surface area contributed by atoms with Crippen molar-refractivity contribution in [2.75, 3.05) is 34.5 Å². The maximum atomic E-state index is 5.41. The molecule has 0 spiro atoms. The van der Waals surface area contributed by atoms with Crippen molar-refractivity contribution in [1.29, 1.82) is 0 Å². The Morgan fingerprint density at radius 2 is 2.04 bits per heavy atom. The SMILES string of the molecule is CN=C(NCc1ccc2c(c1)OCO2)NCC(C1CC1)N(C)C. The van der Waals surface area contributed by atoms with Crippen LogP contribution in [0.2, 0.25) is 0 Å². The number of hydrogen-bond acceptors (Lipinski definition) is 4. The summed E-state index contributed by atoms with van der Waals surface area (Å²) < 4.78 is 10.7. The van der Waals surface area contributed by atoms with Crippen molar-refractivity contribution in [3.05, 3.63) is 23.8 Å². The molecule has 0 amide bonds. The number of aliphatic imine (C=N–C) groups is 1. The lowest BCUT2D eigenvalue weighted by Gasteiger charge is -2.25. The van der Waals surface area contributed by atoms with E-state index in [1.165, 1.54) is 12.8 Å². The van der Waals surface area contributed by atoms with Crippen LogP contribution in [0.3, 0.4) is 0 Å². The molecule has 2 aliphatic rings. The molecule has 2 N–H and O–H groups in total. The Labute approximate surface area is 137 Å². The highest BCUT2D eigenvalue weighted by molar-refractivity contribution is 5.79. The summed E-state index contributed by atoms with van der Waals surface area (Å²) in [6.45, 7) is 1.92. The van der Waals surface area contributed by atoms with E-state index in [1.54, 1.807) is 7.05 Å². The van der Waals surface area contributed by atoms with E-state index in [0.717, 1.165) is 35.5 Å². The molecule has 1 unspecified atom stereocenters. The predicted molar refractivity (Wildman–Crippen MR) is 91.0 cm³/mol. The topological polar surface area (TPSA) is 58.1 Å². The Bertz CT molecular complexity index is 568. The first-order valence-electron chi connectivity index (χ1n) is 8.17. The number of guanidine groups is 1. The fourth-order valence-electron chi connectivity index (χ4n) is 2.91. The van der Waals surface area contributed by atoms with E-state index >= 15 is 0 Å². The first-order chi connectivity index (χ1) is 11.2. The van der Waals surface area contributed by atoms with Gasteiger partial charge in [0.05, 0.1) is 0 Å². The second-order valence-corrected chi connectivity index (χ2v) is 6.36. The summed E-state index contributed by atoms with van der Waals surface area (Å²) >= 11 is 0. The van der Waals surface area contributed by atoms with Gasteiger partial charge >= 0.3 is 0 Å². The average molecular weight is 318 g/mol. The van der Waals surface area contributed by atoms with E-state index in [4.69, 9.17) is 9.47 Å². The van der Waals surface area contributed by atoms with Crippen molar-refractivity contribution in [1.82, 2.24) is 15.5 Å². The molecule has 6 heteroatoms. The van der Waals surface area contributed by atoms with Crippen molar-refractivity contribution in [3.8, 4) is 11.5 Å². The molecule has 23 heavy (non-hydrogen) atoms. The molecule has 1 aromatic rings. The van der Waals surface area contributed by atoms with Crippen molar-refractivity contribution >= 4 is 5.96 Å². The fraction of sp³-hybridized carbons (Fsp3) is 0.588. The minimum Gasteiger partial charge on any atom is -0.454 e. The van der Waals surface area contributed by atoms with E-state index < -0.39 is 0 Å². The summed E-state index contributed by atoms with van der Waals surface area (Å²) in [6.07, 6.45) is 2.68. The van der Waals surface area contributed by atoms with Crippen molar-refractivity contribution in [2.45, 2.75) is 25.4 Å². The summed E-state index contributed by atoms with van der Waals surface area (Å²) in [5, 5.41) is 6.79. The van der Waals surface area contributed by atoms with Gasteiger partial charge in [-0.3, -0.25) is 4.99 Å². The van der Waals surface area contributed by atoms with Crippen LogP contribution in [0.25, 0.3) is 0 Å². The molecule has 0 bridgehead atoms. The van der Waals surface area contributed by atoms with E-state index in [0.29, 0.717) is 19.4 Å². The molecule has 1 atom stereocenters. The van der Waals surface area contributed by atoms with E-state index in [1.807, 2.05) is 18.2 Å². The number of nitrogens with one attached hydrogen (secondary N) is 2. The molecular weight excluding hydrogens is 292 g/mol. The van der Waals surface area contributed by atoms with Gasteiger partial charge in [-0.25, -0.2) is 0 Å². The lowest BCUT2D eigenvalue weighted by Crippen LogP contribution is -2.45. The highest BCUT2D eigenvalue weighted by atomic mass is 16.7. The van der Waals surface area contributed by atoms with Crippen molar-refractivity contribution in [3.63, 3.8) is 0 Å². The zero-order chi connectivity index (χ0) is 16.2. The molecule has 1 fully saturated rings. The fourth-order valence-corrected chi connectivity index (χ4v) is 2.91. The minimum absolute atomic E-state index is 0.308. The van der Waals surface area contributed by atoms with E-state index in [9.17, 15) is 0 Å². The highest BCUT2D eigenvalue weighted by Crippen LogP contribution is 2.34. The number of likely N-dealkylation sites (N-methyl/N-ethyl adjacent to an activating group) is 1. The monoisotopic (exact) mass is 318 g/mol. The first kappa shape index (κ1) is 15.9. The highest BCUT2D eigenvalue weighted by Gasteiger charge is 2.32. The maximum Gasteiger partial charge on any atom is 0.231 e. The summed E-state index contributed by atoms with van der Waals surface area (Å²) in [6, 6.07) is 6.57. The van der Waals surface area contributed by atoms with Crippen LogP contribution in [0.5, 0.6) is 11.5 Å². The van der Waals surface area contributed by atoms with Gasteiger partial charge in [0.15, 0.2) is 17.5 Å². The van der Waals surface area contributed by atoms with Crippen LogP contribution in [-0.4, -0.2) is 51.4 Å². The summed E-state index contributed by atoms with van der Waals surface area (Å²) in [7, 11) is 6.09. The Morgan fingerprint density at radius 1 is 1.26 bits per heavy atom. The van der Waals surface area contributed by atoms with Gasteiger partial charge in [0.2, 0.25) is 6.79 Å². The molecule has 1 aliphatic carbocycles. The van der Waals surface area contributed by atoms with Gasteiger partial charge in [-0.15, -0.1) is 0 Å². The average Bonchev–Trinajstić information content (AvgIpc) is 3.26. The molecule has 0 aromatic heterocycles. The smallest absolute Gasteiger partial charge is 0.231 e. The number of hydrogen-bond donors (Lipinski definition) is 2. The van der Waals surface area contributed by atoms with E-state index in [2.05, 4.69) is 34.6 Å². The third-order valence-electron chi connectivity index (χ3n) is 4.43. The molecule has 1 aromatic carbocycles. The van der Waals surface area contributed by atoms with Crippen molar-refractivity contribution in [2.24, 2.45) is 10.9 Å². The van der Waals surface area contributed by atoms with Gasteiger partial charge in [0.1, 0.15) is 0 Å². The summed E-state index contributed by atoms with van der Waals surface area (Å²) in [4.78, 5) is 6.61. The number of ether oxygens (including phenoxy) is 2. The summed E-state index contributed by atoms with van der Waals surface area (Å²) in [5.74, 6) is 3.28. The number of rotatable bonds is 6. The molecule has 6 nitrogen and oxygen atoms in total. The van der Waals surface area contributed by atoms with Gasteiger partial charge in [-0.2, -0.15) is 0 Å². The third kappa shape index (κ3) is 4.07. The number of benzene rings is 1. The Balaban J connectivity index is 1.49. The zero-order valence-corrected chi connectivity index (χ0v) is 14.1. The Hall–Kier alpha value is -1.95. The predicted octanol–water partition coefficient (Wildman–Crippen LogP) is 1.42. The molecule has 3 rings (SSSR count). The second kappa shape index (κ2) is 7.08. The largest absolute Gasteiger partial charge is 0.454 e. The Kier molecular flexibility index (Phi) is 4.91. The molecule has 0 radical (unpaired) electrons. The molecule has 1 aliphatic heterocycles. The third-order valence-corrected chi connectivity index (χ3v) is 4.43. The van der Waals surface area contributed by atoms with E-state index in [-0.39, 0.29) is 0 Å². The van der Waals surface area contributed by atoms with Crippen LogP contribution in [-0.2, 0) is 6.54 Å². The molecule has 126 valence electrons. The van der Waals surface area contributed by atoms with Gasteiger partial charge in [-0.05, 0) is 50.6 Å². The van der Waals surface area contributed by atoms with Crippen LogP contribution in [0.1, 0.15) is 18.4 Å². The quantitative estimate of drug-likeness (QED) is 0.614. The minimum atomic E-state index is 0.308. The zero-order valence-electron chi connectivity index (χ0n) is 14.1. The molecule has 0 saturated heterocycles. The van der Waals surface area contributed by atoms with Crippen LogP contribution in [0.4, 0.5) is 0 Å². The number of nitrogens with zero attached hydrogens (tertiary/aromatic N) is 2. The van der Waals surface area contributed by atoms with Crippen LogP contribution in [0, 0.1) is 5.92 Å². The summed E-state index contributed by atoms with van der Waals surface area (Å²) in [5.41, 5.74) is 1.14. The molecular formula is C17H26N4O2. The van der Waals surface area contributed by atoms with Crippen LogP contribution < -0.4 is 20.1 Å². The second-order valence-electron chi connectivity index (χ2n) is 6.36.